The molecule has 82 valence electrons. The van der Waals surface area contributed by atoms with Crippen LogP contribution in [0.1, 0.15) is 30.1 Å². The summed E-state index contributed by atoms with van der Waals surface area (Å²) in [6.07, 6.45) is 1.83. The molecule has 0 saturated carbocycles. The minimum Gasteiger partial charge on any atom is -0.507 e. The first-order valence-corrected chi connectivity index (χ1v) is 4.70. The summed E-state index contributed by atoms with van der Waals surface area (Å²) in [5.41, 5.74) is 0.226. The zero-order chi connectivity index (χ0) is 10.4. The Hall–Kier alpha value is -0.978. The lowest BCUT2D eigenvalue weighted by Gasteiger charge is -2.04. The summed E-state index contributed by atoms with van der Waals surface area (Å²) in [5, 5.41) is 9.34. The van der Waals surface area contributed by atoms with Gasteiger partial charge in [0.2, 0.25) is 0 Å². The third-order valence-electron chi connectivity index (χ3n) is 1.86. The summed E-state index contributed by atoms with van der Waals surface area (Å²) in [6, 6.07) is 6.37. The van der Waals surface area contributed by atoms with Gasteiger partial charge in [-0.3, -0.25) is 0 Å². The smallest absolute Gasteiger partial charge is 0.341 e. The molecule has 0 amide bonds. The van der Waals surface area contributed by atoms with Crippen LogP contribution in [0.15, 0.2) is 24.3 Å². The van der Waals surface area contributed by atoms with Crippen LogP contribution in [0.5, 0.6) is 5.75 Å². The third kappa shape index (κ3) is 4.37. The fraction of sp³-hybridized carbons (Fsp3) is 0.364. The van der Waals surface area contributed by atoms with Crippen LogP contribution < -0.4 is 0 Å². The highest BCUT2D eigenvalue weighted by Gasteiger charge is 2.10. The molecular formula is C11H17AlO3. The van der Waals surface area contributed by atoms with Crippen molar-refractivity contribution in [3.8, 4) is 5.75 Å². The molecule has 0 aliphatic carbocycles. The standard InChI is InChI=1S/C11H14O3.Al.3H/c1-2-3-8-14-11(13)9-6-4-5-7-10(9)12;;;;/h4-7,12H,2-3,8H2,1H3;;;;. The highest BCUT2D eigenvalue weighted by molar-refractivity contribution is 5.92. The molecule has 0 bridgehead atoms. The van der Waals surface area contributed by atoms with E-state index in [9.17, 15) is 9.90 Å². The Bertz CT molecular complexity index is 312. The second-order valence-electron chi connectivity index (χ2n) is 3.01. The van der Waals surface area contributed by atoms with E-state index in [-0.39, 0.29) is 28.7 Å². The van der Waals surface area contributed by atoms with Gasteiger partial charge in [0.05, 0.1) is 6.61 Å². The minimum atomic E-state index is -0.462. The zero-order valence-electron chi connectivity index (χ0n) is 8.19. The van der Waals surface area contributed by atoms with Crippen LogP contribution >= 0.6 is 0 Å². The van der Waals surface area contributed by atoms with E-state index in [2.05, 4.69) is 0 Å². The molecule has 0 atom stereocenters. The molecule has 0 unspecified atom stereocenters. The lowest BCUT2D eigenvalue weighted by atomic mass is 10.2. The zero-order valence-corrected chi connectivity index (χ0v) is 8.19. The van der Waals surface area contributed by atoms with Gasteiger partial charge in [-0.25, -0.2) is 4.79 Å². The molecule has 0 heterocycles. The number of esters is 1. The van der Waals surface area contributed by atoms with Crippen molar-refractivity contribution in [1.82, 2.24) is 0 Å². The number of hydrogen-bond acceptors (Lipinski definition) is 3. The van der Waals surface area contributed by atoms with Crippen molar-refractivity contribution in [2.24, 2.45) is 0 Å². The van der Waals surface area contributed by atoms with Crippen LogP contribution in [-0.2, 0) is 4.74 Å². The van der Waals surface area contributed by atoms with Crippen LogP contribution in [0.3, 0.4) is 0 Å². The molecule has 1 N–H and O–H groups in total. The topological polar surface area (TPSA) is 46.5 Å². The molecule has 0 saturated heterocycles. The normalized spacial score (nSPS) is 9.13. The molecule has 0 aromatic heterocycles. The fourth-order valence-electron chi connectivity index (χ4n) is 1.03. The predicted molar refractivity (Wildman–Crippen MR) is 63.2 cm³/mol. The summed E-state index contributed by atoms with van der Waals surface area (Å²) >= 11 is 0. The molecule has 1 aromatic rings. The number of hydrogen-bond donors (Lipinski definition) is 1. The van der Waals surface area contributed by atoms with Gasteiger partial charge >= 0.3 is 5.97 Å². The Balaban J connectivity index is 0.00000196. The molecule has 0 spiro atoms. The van der Waals surface area contributed by atoms with Gasteiger partial charge in [0.15, 0.2) is 17.4 Å². The first kappa shape index (κ1) is 14.0. The molecule has 3 nitrogen and oxygen atoms in total. The number of ether oxygens (including phenoxy) is 1. The maximum absolute atomic E-state index is 11.4. The van der Waals surface area contributed by atoms with Crippen molar-refractivity contribution >= 4 is 23.3 Å². The average Bonchev–Trinajstić information content (AvgIpc) is 2.18. The molecule has 15 heavy (non-hydrogen) atoms. The molecule has 0 aliphatic rings. The summed E-state index contributed by atoms with van der Waals surface area (Å²) < 4.78 is 4.95. The van der Waals surface area contributed by atoms with Gasteiger partial charge in [-0.05, 0) is 18.6 Å². The maximum atomic E-state index is 11.4. The monoisotopic (exact) mass is 224 g/mol. The van der Waals surface area contributed by atoms with Gasteiger partial charge in [-0.15, -0.1) is 0 Å². The van der Waals surface area contributed by atoms with Crippen molar-refractivity contribution in [3.05, 3.63) is 29.8 Å². The van der Waals surface area contributed by atoms with Crippen molar-refractivity contribution in [3.63, 3.8) is 0 Å². The summed E-state index contributed by atoms with van der Waals surface area (Å²) in [6.45, 7) is 2.43. The van der Waals surface area contributed by atoms with Crippen LogP contribution in [0.4, 0.5) is 0 Å². The van der Waals surface area contributed by atoms with Crippen molar-refractivity contribution in [1.29, 1.82) is 0 Å². The number of benzene rings is 1. The Morgan fingerprint density at radius 3 is 2.67 bits per heavy atom. The molecule has 0 radical (unpaired) electrons. The fourth-order valence-corrected chi connectivity index (χ4v) is 1.03. The van der Waals surface area contributed by atoms with E-state index in [1.54, 1.807) is 18.2 Å². The Morgan fingerprint density at radius 2 is 2.07 bits per heavy atom. The largest absolute Gasteiger partial charge is 0.507 e. The number of rotatable bonds is 4. The number of aromatic hydroxyl groups is 1. The first-order valence-electron chi connectivity index (χ1n) is 4.70. The SMILES string of the molecule is CCCCOC(=O)c1ccccc1O.[AlH3]. The molecule has 1 aromatic carbocycles. The second kappa shape index (κ2) is 7.33. The van der Waals surface area contributed by atoms with E-state index in [0.29, 0.717) is 6.61 Å². The highest BCUT2D eigenvalue weighted by Crippen LogP contribution is 2.16. The van der Waals surface area contributed by atoms with Crippen molar-refractivity contribution in [2.45, 2.75) is 19.8 Å². The van der Waals surface area contributed by atoms with Gasteiger partial charge < -0.3 is 9.84 Å². The van der Waals surface area contributed by atoms with Crippen LogP contribution in [-0.4, -0.2) is 35.0 Å². The predicted octanol–water partition coefficient (Wildman–Crippen LogP) is 1.17. The number of carbonyl (C=O) groups excluding carboxylic acids is 1. The average molecular weight is 224 g/mol. The summed E-state index contributed by atoms with van der Waals surface area (Å²) in [5.74, 6) is -0.495. The van der Waals surface area contributed by atoms with E-state index in [4.69, 9.17) is 4.74 Å². The van der Waals surface area contributed by atoms with E-state index in [1.807, 2.05) is 6.92 Å². The lowest BCUT2D eigenvalue weighted by Crippen LogP contribution is -2.06. The van der Waals surface area contributed by atoms with Gasteiger partial charge in [-0.2, -0.15) is 0 Å². The van der Waals surface area contributed by atoms with Gasteiger partial charge in [0.1, 0.15) is 11.3 Å². The third-order valence-corrected chi connectivity index (χ3v) is 1.86. The molecule has 0 fully saturated rings. The Morgan fingerprint density at radius 1 is 1.40 bits per heavy atom. The number of carbonyl (C=O) groups is 1. The quantitative estimate of drug-likeness (QED) is 0.474. The summed E-state index contributed by atoms with van der Waals surface area (Å²) in [4.78, 5) is 11.4. The molecular weight excluding hydrogens is 207 g/mol. The van der Waals surface area contributed by atoms with E-state index >= 15 is 0 Å². The van der Waals surface area contributed by atoms with Crippen LogP contribution in [0, 0.1) is 0 Å². The van der Waals surface area contributed by atoms with Crippen LogP contribution in [0.25, 0.3) is 0 Å². The number of phenols is 1. The van der Waals surface area contributed by atoms with Crippen LogP contribution in [0.2, 0.25) is 0 Å². The van der Waals surface area contributed by atoms with Crippen molar-refractivity contribution < 1.29 is 14.6 Å². The molecule has 1 rings (SSSR count). The van der Waals surface area contributed by atoms with E-state index in [0.717, 1.165) is 12.8 Å². The molecule has 0 aliphatic heterocycles. The van der Waals surface area contributed by atoms with E-state index < -0.39 is 5.97 Å². The number of unbranched alkanes of at least 4 members (excludes halogenated alkanes) is 1. The number of para-hydroxylation sites is 1. The second-order valence-corrected chi connectivity index (χ2v) is 3.01. The maximum Gasteiger partial charge on any atom is 0.341 e. The Kier molecular flexibility index (Phi) is 6.85. The van der Waals surface area contributed by atoms with Crippen molar-refractivity contribution in [2.75, 3.05) is 6.61 Å². The molecule has 4 heteroatoms. The van der Waals surface area contributed by atoms with E-state index in [1.165, 1.54) is 6.07 Å². The minimum absolute atomic E-state index is 0. The lowest BCUT2D eigenvalue weighted by molar-refractivity contribution is 0.0496. The van der Waals surface area contributed by atoms with Gasteiger partial charge in [-0.1, -0.05) is 25.5 Å². The van der Waals surface area contributed by atoms with Gasteiger partial charge in [0, 0.05) is 0 Å². The first-order chi connectivity index (χ1) is 6.75. The number of phenolic OH excluding ortho intramolecular Hbond substituents is 1. The van der Waals surface area contributed by atoms with Gasteiger partial charge in [0.25, 0.3) is 0 Å². The Labute approximate surface area is 100 Å². The highest BCUT2D eigenvalue weighted by atomic mass is 27.0. The summed E-state index contributed by atoms with van der Waals surface area (Å²) in [7, 11) is 0.